The van der Waals surface area contributed by atoms with Gasteiger partial charge in [-0.25, -0.2) is 4.79 Å². The molecule has 0 aliphatic carbocycles. The number of hydrogen-bond acceptors (Lipinski definition) is 3. The molecule has 0 radical (unpaired) electrons. The van der Waals surface area contributed by atoms with Gasteiger partial charge >= 0.3 is 5.97 Å². The molecule has 0 amide bonds. The van der Waals surface area contributed by atoms with Crippen molar-refractivity contribution in [3.05, 3.63) is 17.5 Å². The van der Waals surface area contributed by atoms with Crippen molar-refractivity contribution >= 4 is 5.97 Å². The highest BCUT2D eigenvalue weighted by Crippen LogP contribution is 2.13. The minimum atomic E-state index is -0.980. The molecule has 1 aromatic rings. The lowest BCUT2D eigenvalue weighted by Gasteiger charge is -2.08. The molecule has 72 valence electrons. The summed E-state index contributed by atoms with van der Waals surface area (Å²) in [5, 5.41) is 12.9. The van der Waals surface area contributed by atoms with Crippen molar-refractivity contribution in [2.45, 2.75) is 26.4 Å². The van der Waals surface area contributed by atoms with Crippen molar-refractivity contribution in [3.63, 3.8) is 0 Å². The first-order valence-electron chi connectivity index (χ1n) is 4.07. The van der Waals surface area contributed by atoms with Gasteiger partial charge in [-0.15, -0.1) is 0 Å². The average Bonchev–Trinajstić information content (AvgIpc) is 2.46. The maximum absolute atomic E-state index is 10.9. The zero-order chi connectivity index (χ0) is 10.0. The van der Waals surface area contributed by atoms with Crippen molar-refractivity contribution in [1.29, 1.82) is 0 Å². The summed E-state index contributed by atoms with van der Waals surface area (Å²) in [5.41, 5.74) is 6.15. The van der Waals surface area contributed by atoms with Crippen LogP contribution in [0.2, 0.25) is 0 Å². The van der Waals surface area contributed by atoms with Gasteiger partial charge < -0.3 is 10.8 Å². The third-order valence-corrected chi connectivity index (χ3v) is 1.78. The molecule has 1 heterocycles. The predicted octanol–water partition coefficient (Wildman–Crippen LogP) is 0.621. The van der Waals surface area contributed by atoms with Gasteiger partial charge in [0, 0.05) is 18.2 Å². The summed E-state index contributed by atoms with van der Waals surface area (Å²) in [5.74, 6) is -0.980. The highest BCUT2D eigenvalue weighted by molar-refractivity contribution is 5.87. The highest BCUT2D eigenvalue weighted by atomic mass is 16.4. The topological polar surface area (TPSA) is 81.1 Å². The van der Waals surface area contributed by atoms with Gasteiger partial charge in [0.1, 0.15) is 0 Å². The zero-order valence-electron chi connectivity index (χ0n) is 7.69. The van der Waals surface area contributed by atoms with E-state index in [9.17, 15) is 4.79 Å². The van der Waals surface area contributed by atoms with Gasteiger partial charge in [-0.3, -0.25) is 4.68 Å². The van der Waals surface area contributed by atoms with Crippen LogP contribution in [0, 0.1) is 0 Å². The normalized spacial score (nSPS) is 10.8. The van der Waals surface area contributed by atoms with Gasteiger partial charge in [0.25, 0.3) is 0 Å². The monoisotopic (exact) mass is 183 g/mol. The third kappa shape index (κ3) is 1.70. The Kier molecular flexibility index (Phi) is 2.67. The van der Waals surface area contributed by atoms with Crippen LogP contribution in [0.4, 0.5) is 0 Å². The highest BCUT2D eigenvalue weighted by Gasteiger charge is 2.17. The Morgan fingerprint density at radius 3 is 2.77 bits per heavy atom. The van der Waals surface area contributed by atoms with Crippen molar-refractivity contribution in [2.75, 3.05) is 0 Å². The molecule has 0 aromatic carbocycles. The molecule has 0 bridgehead atoms. The molecule has 0 unspecified atom stereocenters. The van der Waals surface area contributed by atoms with E-state index in [1.165, 1.54) is 10.9 Å². The van der Waals surface area contributed by atoms with Crippen LogP contribution in [-0.2, 0) is 6.54 Å². The second kappa shape index (κ2) is 3.57. The van der Waals surface area contributed by atoms with Crippen LogP contribution in [0.5, 0.6) is 0 Å². The van der Waals surface area contributed by atoms with E-state index in [1.807, 2.05) is 13.8 Å². The molecule has 13 heavy (non-hydrogen) atoms. The summed E-state index contributed by atoms with van der Waals surface area (Å²) < 4.78 is 1.46. The molecule has 1 rings (SSSR count). The maximum atomic E-state index is 10.9. The number of nitrogens with zero attached hydrogens (tertiary/aromatic N) is 2. The standard InChI is InChI=1S/C8H13N3O2/c1-5(2)11-7(8(12)13)6(3-9)4-10-11/h4-5H,3,9H2,1-2H3,(H,12,13). The second-order valence-corrected chi connectivity index (χ2v) is 3.07. The summed E-state index contributed by atoms with van der Waals surface area (Å²) in [6, 6.07) is 0.0337. The zero-order valence-corrected chi connectivity index (χ0v) is 7.69. The average molecular weight is 183 g/mol. The molecule has 0 aliphatic heterocycles. The van der Waals surface area contributed by atoms with E-state index >= 15 is 0 Å². The maximum Gasteiger partial charge on any atom is 0.354 e. The van der Waals surface area contributed by atoms with Gasteiger partial charge in [0.2, 0.25) is 0 Å². The first-order valence-corrected chi connectivity index (χ1v) is 4.07. The van der Waals surface area contributed by atoms with Crippen LogP contribution < -0.4 is 5.73 Å². The lowest BCUT2D eigenvalue weighted by atomic mass is 10.2. The molecular formula is C8H13N3O2. The number of carboxylic acid groups (broad SMARTS) is 1. The van der Waals surface area contributed by atoms with Crippen molar-refractivity contribution in [1.82, 2.24) is 9.78 Å². The lowest BCUT2D eigenvalue weighted by molar-refractivity contribution is 0.0680. The molecule has 3 N–H and O–H groups in total. The summed E-state index contributed by atoms with van der Waals surface area (Å²) >= 11 is 0. The van der Waals surface area contributed by atoms with Crippen molar-refractivity contribution in [3.8, 4) is 0 Å². The number of carbonyl (C=O) groups is 1. The number of carboxylic acids is 1. The smallest absolute Gasteiger partial charge is 0.354 e. The van der Waals surface area contributed by atoms with E-state index < -0.39 is 5.97 Å². The Morgan fingerprint density at radius 1 is 1.77 bits per heavy atom. The van der Waals surface area contributed by atoms with Gasteiger partial charge in [-0.1, -0.05) is 0 Å². The largest absolute Gasteiger partial charge is 0.477 e. The number of hydrogen-bond donors (Lipinski definition) is 2. The van der Waals surface area contributed by atoms with Gasteiger partial charge in [0.15, 0.2) is 5.69 Å². The summed E-state index contributed by atoms with van der Waals surface area (Å²) in [6.07, 6.45) is 1.50. The number of aromatic carboxylic acids is 1. The predicted molar refractivity (Wildman–Crippen MR) is 47.5 cm³/mol. The summed E-state index contributed by atoms with van der Waals surface area (Å²) in [7, 11) is 0. The molecule has 0 aliphatic rings. The molecule has 5 heteroatoms. The first kappa shape index (κ1) is 9.73. The van der Waals surface area contributed by atoms with Crippen LogP contribution in [0.15, 0.2) is 6.20 Å². The fourth-order valence-corrected chi connectivity index (χ4v) is 1.17. The van der Waals surface area contributed by atoms with E-state index in [0.29, 0.717) is 5.56 Å². The quantitative estimate of drug-likeness (QED) is 0.719. The van der Waals surface area contributed by atoms with E-state index in [1.54, 1.807) is 0 Å². The third-order valence-electron chi connectivity index (χ3n) is 1.78. The number of rotatable bonds is 3. The molecule has 0 atom stereocenters. The van der Waals surface area contributed by atoms with Crippen LogP contribution in [0.1, 0.15) is 35.9 Å². The fourth-order valence-electron chi connectivity index (χ4n) is 1.17. The SMILES string of the molecule is CC(C)n1ncc(CN)c1C(=O)O. The van der Waals surface area contributed by atoms with Gasteiger partial charge in [-0.05, 0) is 13.8 Å². The Labute approximate surface area is 76.2 Å². The molecule has 0 saturated carbocycles. The summed E-state index contributed by atoms with van der Waals surface area (Å²) in [6.45, 7) is 3.95. The van der Waals surface area contributed by atoms with Crippen molar-refractivity contribution < 1.29 is 9.90 Å². The first-order chi connectivity index (χ1) is 6.07. The van der Waals surface area contributed by atoms with E-state index in [-0.39, 0.29) is 18.3 Å². The summed E-state index contributed by atoms with van der Waals surface area (Å²) in [4.78, 5) is 10.9. The lowest BCUT2D eigenvalue weighted by Crippen LogP contribution is -2.14. The van der Waals surface area contributed by atoms with E-state index in [2.05, 4.69) is 5.10 Å². The van der Waals surface area contributed by atoms with Crippen LogP contribution >= 0.6 is 0 Å². The Bertz CT molecular complexity index is 317. The molecular weight excluding hydrogens is 170 g/mol. The number of nitrogens with two attached hydrogens (primary N) is 1. The minimum absolute atomic E-state index is 0.0337. The van der Waals surface area contributed by atoms with Crippen LogP contribution in [0.3, 0.4) is 0 Å². The molecule has 0 saturated heterocycles. The van der Waals surface area contributed by atoms with Gasteiger partial charge in [0.05, 0.1) is 6.20 Å². The van der Waals surface area contributed by atoms with Crippen molar-refractivity contribution in [2.24, 2.45) is 5.73 Å². The number of aromatic nitrogens is 2. The van der Waals surface area contributed by atoms with Gasteiger partial charge in [-0.2, -0.15) is 5.10 Å². The Morgan fingerprint density at radius 2 is 2.38 bits per heavy atom. The van der Waals surface area contributed by atoms with E-state index in [0.717, 1.165) is 0 Å². The molecule has 0 fully saturated rings. The Balaban J connectivity index is 3.22. The van der Waals surface area contributed by atoms with E-state index in [4.69, 9.17) is 10.8 Å². The molecule has 0 spiro atoms. The molecule has 5 nitrogen and oxygen atoms in total. The second-order valence-electron chi connectivity index (χ2n) is 3.07. The van der Waals surface area contributed by atoms with Crippen LogP contribution in [0.25, 0.3) is 0 Å². The minimum Gasteiger partial charge on any atom is -0.477 e. The Hall–Kier alpha value is -1.36. The molecule has 1 aromatic heterocycles. The van der Waals surface area contributed by atoms with Crippen LogP contribution in [-0.4, -0.2) is 20.9 Å². The fraction of sp³-hybridized carbons (Fsp3) is 0.500.